The Kier molecular flexibility index (Phi) is 6.04. The molecule has 3 rings (SSSR count). The largest absolute Gasteiger partial charge is 0.495 e. The summed E-state index contributed by atoms with van der Waals surface area (Å²) in [6, 6.07) is 3.92. The minimum atomic E-state index is -0.227. The summed E-state index contributed by atoms with van der Waals surface area (Å²) < 4.78 is 11.2. The van der Waals surface area contributed by atoms with Gasteiger partial charge in [-0.25, -0.2) is 4.98 Å². The van der Waals surface area contributed by atoms with Crippen molar-refractivity contribution >= 4 is 0 Å². The third-order valence-electron chi connectivity index (χ3n) is 5.04. The van der Waals surface area contributed by atoms with Crippen LogP contribution in [0.4, 0.5) is 0 Å². The van der Waals surface area contributed by atoms with Gasteiger partial charge in [-0.1, -0.05) is 6.92 Å². The van der Waals surface area contributed by atoms with Crippen LogP contribution in [0.2, 0.25) is 0 Å². The zero-order valence-electron chi connectivity index (χ0n) is 15.7. The van der Waals surface area contributed by atoms with Gasteiger partial charge >= 0.3 is 0 Å². The second-order valence-electron chi connectivity index (χ2n) is 7.00. The molecule has 26 heavy (non-hydrogen) atoms. The number of pyridine rings is 1. The average molecular weight is 357 g/mol. The van der Waals surface area contributed by atoms with Gasteiger partial charge in [0.2, 0.25) is 5.88 Å². The third kappa shape index (κ3) is 4.49. The highest BCUT2D eigenvalue weighted by molar-refractivity contribution is 5.29. The van der Waals surface area contributed by atoms with Gasteiger partial charge in [-0.05, 0) is 50.7 Å². The summed E-state index contributed by atoms with van der Waals surface area (Å²) in [6.07, 6.45) is 6.76. The van der Waals surface area contributed by atoms with E-state index in [4.69, 9.17) is 9.47 Å². The lowest BCUT2D eigenvalue weighted by Gasteiger charge is -2.16. The molecule has 2 heterocycles. The fourth-order valence-electron chi connectivity index (χ4n) is 3.38. The van der Waals surface area contributed by atoms with Crippen LogP contribution in [0.3, 0.4) is 0 Å². The number of hydrogen-bond donors (Lipinski definition) is 1. The average Bonchev–Trinajstić information content (AvgIpc) is 3.08. The summed E-state index contributed by atoms with van der Waals surface area (Å²) in [5.41, 5.74) is 2.04. The molecule has 1 aliphatic carbocycles. The molecule has 1 fully saturated rings. The monoisotopic (exact) mass is 357 g/mol. The minimum absolute atomic E-state index is 0.227. The molecule has 0 unspecified atom stereocenters. The summed E-state index contributed by atoms with van der Waals surface area (Å²) in [6.45, 7) is 4.56. The Hall–Kier alpha value is -2.21. The maximum absolute atomic E-state index is 9.82. The lowest BCUT2D eigenvalue weighted by Crippen LogP contribution is -2.10. The van der Waals surface area contributed by atoms with Crippen molar-refractivity contribution in [1.29, 1.82) is 0 Å². The van der Waals surface area contributed by atoms with E-state index in [1.807, 2.05) is 25.3 Å². The normalized spacial score (nSPS) is 20.8. The number of ether oxygens (including phenoxy) is 2. The van der Waals surface area contributed by atoms with E-state index in [2.05, 4.69) is 21.9 Å². The molecule has 0 aromatic carbocycles. The second-order valence-corrected chi connectivity index (χ2v) is 7.00. The minimum Gasteiger partial charge on any atom is -0.495 e. The molecule has 0 aliphatic heterocycles. The van der Waals surface area contributed by atoms with E-state index in [0.29, 0.717) is 18.3 Å². The van der Waals surface area contributed by atoms with Gasteiger partial charge in [-0.15, -0.1) is 0 Å². The smallest absolute Gasteiger partial charge is 0.220 e. The maximum atomic E-state index is 9.82. The van der Waals surface area contributed by atoms with Crippen molar-refractivity contribution in [1.82, 2.24) is 15.0 Å². The van der Waals surface area contributed by atoms with E-state index in [0.717, 1.165) is 42.7 Å². The summed E-state index contributed by atoms with van der Waals surface area (Å²) in [5.74, 6) is 2.68. The van der Waals surface area contributed by atoms with Gasteiger partial charge in [0, 0.05) is 23.4 Å². The van der Waals surface area contributed by atoms with Crippen LogP contribution < -0.4 is 9.47 Å². The molecule has 140 valence electrons. The molecule has 0 saturated heterocycles. The molecule has 2 aromatic rings. The zero-order valence-corrected chi connectivity index (χ0v) is 15.7. The van der Waals surface area contributed by atoms with Crippen LogP contribution in [0.25, 0.3) is 0 Å². The van der Waals surface area contributed by atoms with Crippen molar-refractivity contribution in [2.75, 3.05) is 13.7 Å². The van der Waals surface area contributed by atoms with Gasteiger partial charge in [0.25, 0.3) is 0 Å². The molecule has 6 heteroatoms. The Bertz CT molecular complexity index is 721. The number of rotatable bonds is 7. The van der Waals surface area contributed by atoms with E-state index in [-0.39, 0.29) is 17.9 Å². The highest BCUT2D eigenvalue weighted by Crippen LogP contribution is 2.38. The first-order valence-electron chi connectivity index (χ1n) is 9.21. The molecule has 1 aliphatic rings. The highest BCUT2D eigenvalue weighted by Gasteiger charge is 2.27. The van der Waals surface area contributed by atoms with Crippen molar-refractivity contribution in [3.05, 3.63) is 41.6 Å². The quantitative estimate of drug-likeness (QED) is 0.818. The molecule has 1 N–H and O–H groups in total. The molecular formula is C20H27N3O3. The highest BCUT2D eigenvalue weighted by atomic mass is 16.5. The standard InChI is InChI=1S/C20H27N3O3/c1-13(19-7-6-17(25-3)11-22-19)8-9-26-20-18(12-21-14(2)23-20)15-4-5-16(24)10-15/h6-7,11-13,15-16,24H,4-5,8-10H2,1-3H3/t13-,15+,16-/m1/s1. The molecule has 3 atom stereocenters. The van der Waals surface area contributed by atoms with Gasteiger partial charge in [-0.3, -0.25) is 4.98 Å². The summed E-state index contributed by atoms with van der Waals surface area (Å²) >= 11 is 0. The van der Waals surface area contributed by atoms with Crippen LogP contribution in [0.1, 0.15) is 61.5 Å². The summed E-state index contributed by atoms with van der Waals surface area (Å²) in [7, 11) is 1.64. The Morgan fingerprint density at radius 1 is 1.23 bits per heavy atom. The first-order chi connectivity index (χ1) is 12.6. The SMILES string of the molecule is COc1ccc([C@H](C)CCOc2nc(C)ncc2[C@H]2CC[C@@H](O)C2)nc1. The Morgan fingerprint density at radius 3 is 2.73 bits per heavy atom. The van der Waals surface area contributed by atoms with Crippen LogP contribution in [0.15, 0.2) is 24.5 Å². The molecule has 6 nitrogen and oxygen atoms in total. The fraction of sp³-hybridized carbons (Fsp3) is 0.550. The predicted octanol–water partition coefficient (Wildman–Crippen LogP) is 3.39. The predicted molar refractivity (Wildman–Crippen MR) is 98.7 cm³/mol. The van der Waals surface area contributed by atoms with E-state index < -0.39 is 0 Å². The molecule has 0 radical (unpaired) electrons. The Labute approximate surface area is 154 Å². The topological polar surface area (TPSA) is 77.4 Å². The van der Waals surface area contributed by atoms with Gasteiger partial charge in [-0.2, -0.15) is 4.98 Å². The van der Waals surface area contributed by atoms with Crippen LogP contribution in [0.5, 0.6) is 11.6 Å². The molecule has 1 saturated carbocycles. The lowest BCUT2D eigenvalue weighted by molar-refractivity contribution is 0.181. The van der Waals surface area contributed by atoms with Gasteiger partial charge in [0.1, 0.15) is 11.6 Å². The Morgan fingerprint density at radius 2 is 2.08 bits per heavy atom. The molecule has 0 amide bonds. The summed E-state index contributed by atoms with van der Waals surface area (Å²) in [5, 5.41) is 9.82. The number of aliphatic hydroxyl groups excluding tert-OH is 1. The third-order valence-corrected chi connectivity index (χ3v) is 5.04. The van der Waals surface area contributed by atoms with Crippen molar-refractivity contribution in [3.63, 3.8) is 0 Å². The number of hydrogen-bond acceptors (Lipinski definition) is 6. The molecule has 0 bridgehead atoms. The van der Waals surface area contributed by atoms with Crippen LogP contribution in [-0.4, -0.2) is 39.9 Å². The van der Waals surface area contributed by atoms with Crippen molar-refractivity contribution in [3.8, 4) is 11.6 Å². The molecule has 2 aromatic heterocycles. The van der Waals surface area contributed by atoms with Crippen molar-refractivity contribution in [2.24, 2.45) is 0 Å². The number of aliphatic hydroxyl groups is 1. The van der Waals surface area contributed by atoms with Gasteiger partial charge in [0.05, 0.1) is 26.0 Å². The zero-order chi connectivity index (χ0) is 18.5. The van der Waals surface area contributed by atoms with E-state index in [1.54, 1.807) is 13.3 Å². The maximum Gasteiger partial charge on any atom is 0.220 e. The van der Waals surface area contributed by atoms with Crippen LogP contribution in [0, 0.1) is 6.92 Å². The first kappa shape index (κ1) is 18.6. The van der Waals surface area contributed by atoms with Crippen LogP contribution in [-0.2, 0) is 0 Å². The van der Waals surface area contributed by atoms with Crippen molar-refractivity contribution < 1.29 is 14.6 Å². The molecular weight excluding hydrogens is 330 g/mol. The number of methoxy groups -OCH3 is 1. The van der Waals surface area contributed by atoms with E-state index in [1.165, 1.54) is 0 Å². The number of aromatic nitrogens is 3. The number of nitrogens with zero attached hydrogens (tertiary/aromatic N) is 3. The summed E-state index contributed by atoms with van der Waals surface area (Å²) in [4.78, 5) is 13.3. The van der Waals surface area contributed by atoms with Crippen LogP contribution >= 0.6 is 0 Å². The molecule has 0 spiro atoms. The Balaban J connectivity index is 1.61. The van der Waals surface area contributed by atoms with E-state index >= 15 is 0 Å². The lowest BCUT2D eigenvalue weighted by atomic mass is 10.00. The van der Waals surface area contributed by atoms with Crippen molar-refractivity contribution in [2.45, 2.75) is 57.5 Å². The fourth-order valence-corrected chi connectivity index (χ4v) is 3.38. The van der Waals surface area contributed by atoms with Gasteiger partial charge < -0.3 is 14.6 Å². The second kappa shape index (κ2) is 8.45. The van der Waals surface area contributed by atoms with E-state index in [9.17, 15) is 5.11 Å². The number of aryl methyl sites for hydroxylation is 1. The van der Waals surface area contributed by atoms with Gasteiger partial charge in [0.15, 0.2) is 0 Å². The first-order valence-corrected chi connectivity index (χ1v) is 9.21.